The molecular formula is C15H21NO4. The van der Waals surface area contributed by atoms with Crippen LogP contribution >= 0.6 is 0 Å². The summed E-state index contributed by atoms with van der Waals surface area (Å²) in [5.41, 5.74) is 0.159. The van der Waals surface area contributed by atoms with Crippen LogP contribution in [0.15, 0.2) is 18.2 Å². The predicted octanol–water partition coefficient (Wildman–Crippen LogP) is 2.19. The Morgan fingerprint density at radius 2 is 2.15 bits per heavy atom. The number of rotatable bonds is 7. The van der Waals surface area contributed by atoms with Crippen molar-refractivity contribution in [2.45, 2.75) is 38.6 Å². The van der Waals surface area contributed by atoms with E-state index in [0.29, 0.717) is 19.4 Å². The number of nitrogens with one attached hydrogen (secondary N) is 1. The molecule has 20 heavy (non-hydrogen) atoms. The van der Waals surface area contributed by atoms with Gasteiger partial charge in [0, 0.05) is 0 Å². The Morgan fingerprint density at radius 3 is 2.85 bits per heavy atom. The average molecular weight is 279 g/mol. The number of carboxylic acid groups (broad SMARTS) is 1. The van der Waals surface area contributed by atoms with E-state index in [1.54, 1.807) is 6.92 Å². The van der Waals surface area contributed by atoms with Crippen LogP contribution in [-0.4, -0.2) is 30.0 Å². The van der Waals surface area contributed by atoms with Crippen LogP contribution in [0.5, 0.6) is 11.5 Å². The summed E-state index contributed by atoms with van der Waals surface area (Å²) in [6.45, 7) is 4.71. The van der Waals surface area contributed by atoms with Crippen LogP contribution in [0.3, 0.4) is 0 Å². The van der Waals surface area contributed by atoms with E-state index in [1.165, 1.54) is 0 Å². The highest BCUT2D eigenvalue weighted by Gasteiger charge is 2.31. The number of fused-ring (bicyclic) bond motifs is 1. The molecule has 0 bridgehead atoms. The van der Waals surface area contributed by atoms with Crippen LogP contribution in [-0.2, 0) is 11.2 Å². The maximum atomic E-state index is 11.4. The quantitative estimate of drug-likeness (QED) is 0.801. The SMILES string of the molecule is CCCNC(C)(CCc1ccc2c(c1)OCO2)C(=O)O. The summed E-state index contributed by atoms with van der Waals surface area (Å²) in [4.78, 5) is 11.4. The second-order valence-electron chi connectivity index (χ2n) is 5.25. The van der Waals surface area contributed by atoms with Gasteiger partial charge >= 0.3 is 5.97 Å². The van der Waals surface area contributed by atoms with Crippen molar-refractivity contribution in [3.05, 3.63) is 23.8 Å². The van der Waals surface area contributed by atoms with Crippen molar-refractivity contribution in [3.8, 4) is 11.5 Å². The van der Waals surface area contributed by atoms with Crippen LogP contribution in [0.2, 0.25) is 0 Å². The molecule has 1 aliphatic heterocycles. The first kappa shape index (κ1) is 14.7. The van der Waals surface area contributed by atoms with Crippen LogP contribution < -0.4 is 14.8 Å². The van der Waals surface area contributed by atoms with Gasteiger partial charge in [-0.3, -0.25) is 4.79 Å². The number of carboxylic acids is 1. The van der Waals surface area contributed by atoms with E-state index in [-0.39, 0.29) is 6.79 Å². The molecule has 1 heterocycles. The second kappa shape index (κ2) is 6.13. The third-order valence-electron chi connectivity index (χ3n) is 3.59. The number of aryl methyl sites for hydroxylation is 1. The number of hydrogen-bond donors (Lipinski definition) is 2. The molecule has 2 rings (SSSR count). The Kier molecular flexibility index (Phi) is 4.49. The van der Waals surface area contributed by atoms with Gasteiger partial charge in [-0.05, 0) is 50.4 Å². The van der Waals surface area contributed by atoms with Crippen LogP contribution in [0.4, 0.5) is 0 Å². The van der Waals surface area contributed by atoms with E-state index in [1.807, 2.05) is 25.1 Å². The first-order chi connectivity index (χ1) is 9.55. The number of hydrogen-bond acceptors (Lipinski definition) is 4. The average Bonchev–Trinajstić information content (AvgIpc) is 2.90. The Hall–Kier alpha value is -1.75. The van der Waals surface area contributed by atoms with Gasteiger partial charge in [0.2, 0.25) is 6.79 Å². The lowest BCUT2D eigenvalue weighted by molar-refractivity contribution is -0.144. The van der Waals surface area contributed by atoms with E-state index >= 15 is 0 Å². The minimum Gasteiger partial charge on any atom is -0.480 e. The van der Waals surface area contributed by atoms with Gasteiger partial charge in [-0.25, -0.2) is 0 Å². The largest absolute Gasteiger partial charge is 0.480 e. The molecule has 110 valence electrons. The molecule has 1 aromatic rings. The van der Waals surface area contributed by atoms with Gasteiger partial charge in [0.05, 0.1) is 0 Å². The number of benzene rings is 1. The summed E-state index contributed by atoms with van der Waals surface area (Å²) < 4.78 is 10.6. The van der Waals surface area contributed by atoms with Gasteiger partial charge in [-0.1, -0.05) is 13.0 Å². The van der Waals surface area contributed by atoms with Crippen molar-refractivity contribution < 1.29 is 19.4 Å². The molecule has 0 saturated carbocycles. The third-order valence-corrected chi connectivity index (χ3v) is 3.59. The summed E-state index contributed by atoms with van der Waals surface area (Å²) in [7, 11) is 0. The van der Waals surface area contributed by atoms with Crippen LogP contribution in [0.1, 0.15) is 32.3 Å². The summed E-state index contributed by atoms with van der Waals surface area (Å²) in [5.74, 6) is 0.673. The molecule has 1 aliphatic rings. The highest BCUT2D eigenvalue weighted by Crippen LogP contribution is 2.33. The molecule has 5 nitrogen and oxygen atoms in total. The van der Waals surface area contributed by atoms with Gasteiger partial charge in [0.25, 0.3) is 0 Å². The summed E-state index contributed by atoms with van der Waals surface area (Å²) in [5, 5.41) is 12.5. The summed E-state index contributed by atoms with van der Waals surface area (Å²) in [6.07, 6.45) is 2.12. The van der Waals surface area contributed by atoms with Crippen molar-refractivity contribution in [1.29, 1.82) is 0 Å². The molecule has 0 aromatic heterocycles. The molecule has 0 saturated heterocycles. The fraction of sp³-hybridized carbons (Fsp3) is 0.533. The first-order valence-corrected chi connectivity index (χ1v) is 6.92. The summed E-state index contributed by atoms with van der Waals surface area (Å²) >= 11 is 0. The van der Waals surface area contributed by atoms with Gasteiger partial charge in [0.15, 0.2) is 11.5 Å². The van der Waals surface area contributed by atoms with E-state index < -0.39 is 11.5 Å². The maximum Gasteiger partial charge on any atom is 0.323 e. The molecule has 0 fully saturated rings. The van der Waals surface area contributed by atoms with E-state index in [0.717, 1.165) is 23.5 Å². The molecule has 0 amide bonds. The molecule has 0 radical (unpaired) electrons. The lowest BCUT2D eigenvalue weighted by Crippen LogP contribution is -2.50. The van der Waals surface area contributed by atoms with Crippen molar-refractivity contribution in [2.24, 2.45) is 0 Å². The smallest absolute Gasteiger partial charge is 0.323 e. The zero-order valence-electron chi connectivity index (χ0n) is 11.9. The Bertz CT molecular complexity index is 489. The lowest BCUT2D eigenvalue weighted by Gasteiger charge is -2.26. The summed E-state index contributed by atoms with van der Waals surface area (Å²) in [6, 6.07) is 5.75. The van der Waals surface area contributed by atoms with Crippen molar-refractivity contribution in [3.63, 3.8) is 0 Å². The minimum atomic E-state index is -0.896. The third kappa shape index (κ3) is 3.22. The Labute approximate surface area is 118 Å². The number of carbonyl (C=O) groups is 1. The second-order valence-corrected chi connectivity index (χ2v) is 5.25. The van der Waals surface area contributed by atoms with Gasteiger partial charge < -0.3 is 19.9 Å². The molecule has 5 heteroatoms. The van der Waals surface area contributed by atoms with Gasteiger partial charge in [-0.2, -0.15) is 0 Å². The Morgan fingerprint density at radius 1 is 1.40 bits per heavy atom. The Balaban J connectivity index is 2.00. The van der Waals surface area contributed by atoms with Crippen molar-refractivity contribution in [1.82, 2.24) is 5.32 Å². The van der Waals surface area contributed by atoms with Crippen molar-refractivity contribution >= 4 is 5.97 Å². The normalized spacial score (nSPS) is 15.9. The first-order valence-electron chi connectivity index (χ1n) is 6.92. The standard InChI is InChI=1S/C15H21NO4/c1-3-8-16-15(2,14(17)18)7-6-11-4-5-12-13(9-11)20-10-19-12/h4-5,9,16H,3,6-8,10H2,1-2H3,(H,17,18). The zero-order chi connectivity index (χ0) is 14.6. The van der Waals surface area contributed by atoms with Gasteiger partial charge in [-0.15, -0.1) is 0 Å². The number of aliphatic carboxylic acids is 1. The molecular weight excluding hydrogens is 258 g/mol. The maximum absolute atomic E-state index is 11.4. The fourth-order valence-corrected chi connectivity index (χ4v) is 2.16. The van der Waals surface area contributed by atoms with E-state index in [9.17, 15) is 9.90 Å². The van der Waals surface area contributed by atoms with Crippen LogP contribution in [0, 0.1) is 0 Å². The minimum absolute atomic E-state index is 0.254. The molecule has 2 N–H and O–H groups in total. The van der Waals surface area contributed by atoms with E-state index in [4.69, 9.17) is 9.47 Å². The molecule has 1 unspecified atom stereocenters. The topological polar surface area (TPSA) is 67.8 Å². The molecule has 0 spiro atoms. The highest BCUT2D eigenvalue weighted by atomic mass is 16.7. The predicted molar refractivity (Wildman–Crippen MR) is 75.2 cm³/mol. The van der Waals surface area contributed by atoms with Gasteiger partial charge in [0.1, 0.15) is 5.54 Å². The molecule has 1 atom stereocenters. The van der Waals surface area contributed by atoms with E-state index in [2.05, 4.69) is 5.32 Å². The number of ether oxygens (including phenoxy) is 2. The zero-order valence-corrected chi connectivity index (χ0v) is 11.9. The molecule has 1 aromatic carbocycles. The monoisotopic (exact) mass is 279 g/mol. The van der Waals surface area contributed by atoms with Crippen molar-refractivity contribution in [2.75, 3.05) is 13.3 Å². The molecule has 0 aliphatic carbocycles. The lowest BCUT2D eigenvalue weighted by atomic mass is 9.93. The fourth-order valence-electron chi connectivity index (χ4n) is 2.16. The highest BCUT2D eigenvalue weighted by molar-refractivity contribution is 5.78. The van der Waals surface area contributed by atoms with Crippen LogP contribution in [0.25, 0.3) is 0 Å².